The zero-order chi connectivity index (χ0) is 25.6. The van der Waals surface area contributed by atoms with Crippen molar-refractivity contribution in [1.29, 1.82) is 0 Å². The first-order chi connectivity index (χ1) is 18.1. The molecular weight excluding hydrogens is 464 g/mol. The van der Waals surface area contributed by atoms with Crippen LogP contribution in [0, 0.1) is 19.3 Å². The van der Waals surface area contributed by atoms with Crippen molar-refractivity contribution in [3.05, 3.63) is 36.1 Å². The van der Waals surface area contributed by atoms with Gasteiger partial charge in [-0.2, -0.15) is 0 Å². The summed E-state index contributed by atoms with van der Waals surface area (Å²) in [6.45, 7) is 8.79. The van der Waals surface area contributed by atoms with Gasteiger partial charge in [-0.15, -0.1) is 6.42 Å². The second kappa shape index (κ2) is 11.9. The Kier molecular flexibility index (Phi) is 8.18. The van der Waals surface area contributed by atoms with Gasteiger partial charge in [0.25, 0.3) is 0 Å². The summed E-state index contributed by atoms with van der Waals surface area (Å²) in [6, 6.07) is 10.4. The number of aromatic nitrogens is 1. The molecule has 37 heavy (non-hydrogen) atoms. The molecule has 0 aliphatic carbocycles. The zero-order valence-corrected chi connectivity index (χ0v) is 22.1. The van der Waals surface area contributed by atoms with Crippen molar-refractivity contribution in [2.45, 2.75) is 45.1 Å². The van der Waals surface area contributed by atoms with E-state index >= 15 is 0 Å². The minimum atomic E-state index is 0.360. The second-order valence-corrected chi connectivity index (χ2v) is 10.1. The lowest BCUT2D eigenvalue weighted by Gasteiger charge is -2.32. The summed E-state index contributed by atoms with van der Waals surface area (Å²) in [5.41, 5.74) is 2.69. The molecule has 2 aromatic heterocycles. The van der Waals surface area contributed by atoms with E-state index in [1.807, 2.05) is 31.2 Å². The van der Waals surface area contributed by atoms with Crippen molar-refractivity contribution in [3.63, 3.8) is 0 Å². The highest BCUT2D eigenvalue weighted by molar-refractivity contribution is 5.95. The van der Waals surface area contributed by atoms with Gasteiger partial charge in [-0.05, 0) is 76.4 Å². The number of terminal acetylenes is 1. The van der Waals surface area contributed by atoms with Crippen LogP contribution in [-0.2, 0) is 0 Å². The van der Waals surface area contributed by atoms with Crippen molar-refractivity contribution in [1.82, 2.24) is 14.8 Å². The Morgan fingerprint density at radius 3 is 2.59 bits per heavy atom. The van der Waals surface area contributed by atoms with E-state index in [-0.39, 0.29) is 0 Å². The fraction of sp³-hybridized carbons (Fsp3) is 0.500. The molecule has 7 nitrogen and oxygen atoms in total. The van der Waals surface area contributed by atoms with Crippen LogP contribution in [0.15, 0.2) is 34.7 Å². The SMILES string of the molecule is C#CCN1CCC(Nc2cc(-c3ccc(C)o3)nc3cc(OCCCN4CCCC4)c(OC)cc23)CC1. The molecule has 0 radical (unpaired) electrons. The lowest BCUT2D eigenvalue weighted by atomic mass is 10.0. The van der Waals surface area contributed by atoms with Crippen LogP contribution in [0.2, 0.25) is 0 Å². The van der Waals surface area contributed by atoms with Gasteiger partial charge in [0.15, 0.2) is 17.3 Å². The van der Waals surface area contributed by atoms with Crippen molar-refractivity contribution in [3.8, 4) is 35.3 Å². The van der Waals surface area contributed by atoms with Gasteiger partial charge in [-0.3, -0.25) is 4.90 Å². The van der Waals surface area contributed by atoms with Crippen LogP contribution in [0.25, 0.3) is 22.4 Å². The fourth-order valence-electron chi connectivity index (χ4n) is 5.39. The molecule has 0 bridgehead atoms. The van der Waals surface area contributed by atoms with Crippen LogP contribution in [0.4, 0.5) is 5.69 Å². The van der Waals surface area contributed by atoms with Gasteiger partial charge in [0.05, 0.1) is 25.8 Å². The number of fused-ring (bicyclic) bond motifs is 1. The maximum Gasteiger partial charge on any atom is 0.163 e. The van der Waals surface area contributed by atoms with E-state index in [4.69, 9.17) is 25.3 Å². The molecule has 2 aliphatic rings. The first kappa shape index (κ1) is 25.4. The molecule has 0 amide bonds. The Morgan fingerprint density at radius 2 is 1.89 bits per heavy atom. The van der Waals surface area contributed by atoms with E-state index in [9.17, 15) is 0 Å². The molecular formula is C30H38N4O3. The second-order valence-electron chi connectivity index (χ2n) is 10.1. The Hall–Kier alpha value is -3.21. The maximum atomic E-state index is 6.21. The first-order valence-corrected chi connectivity index (χ1v) is 13.5. The number of nitrogens with one attached hydrogen (secondary N) is 1. The lowest BCUT2D eigenvalue weighted by Crippen LogP contribution is -2.39. The van der Waals surface area contributed by atoms with Gasteiger partial charge >= 0.3 is 0 Å². The van der Waals surface area contributed by atoms with Gasteiger partial charge in [-0.25, -0.2) is 4.98 Å². The predicted octanol–water partition coefficient (Wildman–Crippen LogP) is 5.19. The number of ether oxygens (including phenoxy) is 2. The number of rotatable bonds is 10. The van der Waals surface area contributed by atoms with E-state index in [1.165, 1.54) is 25.9 Å². The Labute approximate surface area is 220 Å². The van der Waals surface area contributed by atoms with Crippen molar-refractivity contribution in [2.24, 2.45) is 0 Å². The van der Waals surface area contributed by atoms with E-state index < -0.39 is 0 Å². The van der Waals surface area contributed by atoms with Crippen molar-refractivity contribution < 1.29 is 13.9 Å². The molecule has 0 spiro atoms. The standard InChI is InChI=1S/C30H38N4O3/c1-4-12-33-16-10-23(11-17-33)31-25-20-27(28-9-8-22(2)37-28)32-26-21-30(29(35-3)19-24(25)26)36-18-7-15-34-13-5-6-14-34/h1,8-9,19-21,23H,5-7,10-18H2,2-3H3,(H,31,32). The van der Waals surface area contributed by atoms with Gasteiger partial charge in [0.1, 0.15) is 11.5 Å². The van der Waals surface area contributed by atoms with Crippen LogP contribution in [-0.4, -0.2) is 73.8 Å². The van der Waals surface area contributed by atoms with E-state index in [1.54, 1.807) is 7.11 Å². The van der Waals surface area contributed by atoms with Crippen LogP contribution < -0.4 is 14.8 Å². The number of pyridine rings is 1. The van der Waals surface area contributed by atoms with Crippen LogP contribution in [0.3, 0.4) is 0 Å². The molecule has 196 valence electrons. The third-order valence-corrected chi connectivity index (χ3v) is 7.42. The quantitative estimate of drug-likeness (QED) is 0.303. The summed E-state index contributed by atoms with van der Waals surface area (Å²) in [5.74, 6) is 5.84. The topological polar surface area (TPSA) is 63.0 Å². The summed E-state index contributed by atoms with van der Waals surface area (Å²) < 4.78 is 17.9. The van der Waals surface area contributed by atoms with Crippen molar-refractivity contribution in [2.75, 3.05) is 58.3 Å². The average molecular weight is 503 g/mol. The molecule has 0 saturated carbocycles. The van der Waals surface area contributed by atoms with Crippen LogP contribution in [0.5, 0.6) is 11.5 Å². The molecule has 4 heterocycles. The smallest absolute Gasteiger partial charge is 0.163 e. The monoisotopic (exact) mass is 502 g/mol. The highest BCUT2D eigenvalue weighted by atomic mass is 16.5. The number of aryl methyl sites for hydroxylation is 1. The first-order valence-electron chi connectivity index (χ1n) is 13.5. The predicted molar refractivity (Wildman–Crippen MR) is 148 cm³/mol. The fourth-order valence-corrected chi connectivity index (χ4v) is 5.39. The highest BCUT2D eigenvalue weighted by Crippen LogP contribution is 2.38. The van der Waals surface area contributed by atoms with Crippen LogP contribution in [0.1, 0.15) is 37.9 Å². The number of piperidine rings is 1. The Balaban J connectivity index is 1.40. The summed E-state index contributed by atoms with van der Waals surface area (Å²) in [7, 11) is 1.69. The number of likely N-dealkylation sites (tertiary alicyclic amines) is 2. The molecule has 1 aromatic carbocycles. The number of nitrogens with zero attached hydrogens (tertiary/aromatic N) is 3. The summed E-state index contributed by atoms with van der Waals surface area (Å²) >= 11 is 0. The Bertz CT molecular complexity index is 1230. The van der Waals surface area contributed by atoms with Crippen molar-refractivity contribution >= 4 is 16.6 Å². The molecule has 2 saturated heterocycles. The summed E-state index contributed by atoms with van der Waals surface area (Å²) in [5, 5.41) is 4.81. The van der Waals surface area contributed by atoms with E-state index in [2.05, 4.69) is 27.1 Å². The van der Waals surface area contributed by atoms with Gasteiger partial charge in [0.2, 0.25) is 0 Å². The van der Waals surface area contributed by atoms with Gasteiger partial charge < -0.3 is 24.1 Å². The van der Waals surface area contributed by atoms with Crippen LogP contribution >= 0.6 is 0 Å². The normalized spacial score (nSPS) is 17.2. The number of hydrogen-bond donors (Lipinski definition) is 1. The molecule has 5 rings (SSSR count). The van der Waals surface area contributed by atoms with E-state index in [0.29, 0.717) is 19.2 Å². The molecule has 0 unspecified atom stereocenters. The lowest BCUT2D eigenvalue weighted by molar-refractivity contribution is 0.243. The highest BCUT2D eigenvalue weighted by Gasteiger charge is 2.21. The average Bonchev–Trinajstić information content (AvgIpc) is 3.59. The molecule has 7 heteroatoms. The maximum absolute atomic E-state index is 6.21. The molecule has 1 N–H and O–H groups in total. The largest absolute Gasteiger partial charge is 0.493 e. The van der Waals surface area contributed by atoms with Gasteiger partial charge in [0, 0.05) is 42.8 Å². The summed E-state index contributed by atoms with van der Waals surface area (Å²) in [6.07, 6.45) is 11.2. The molecule has 0 atom stereocenters. The van der Waals surface area contributed by atoms with E-state index in [0.717, 1.165) is 84.2 Å². The number of anilines is 1. The minimum Gasteiger partial charge on any atom is -0.493 e. The number of benzene rings is 1. The molecule has 2 fully saturated rings. The number of methoxy groups -OCH3 is 1. The third-order valence-electron chi connectivity index (χ3n) is 7.42. The minimum absolute atomic E-state index is 0.360. The summed E-state index contributed by atoms with van der Waals surface area (Å²) in [4.78, 5) is 9.81. The zero-order valence-electron chi connectivity index (χ0n) is 22.1. The van der Waals surface area contributed by atoms with Gasteiger partial charge in [-0.1, -0.05) is 5.92 Å². The molecule has 3 aromatic rings. The Morgan fingerprint density at radius 1 is 1.08 bits per heavy atom. The number of hydrogen-bond acceptors (Lipinski definition) is 7. The number of furan rings is 1. The molecule has 2 aliphatic heterocycles. The third kappa shape index (κ3) is 6.20.